The lowest BCUT2D eigenvalue weighted by molar-refractivity contribution is 0.456. The van der Waals surface area contributed by atoms with Gasteiger partial charge in [-0.3, -0.25) is 0 Å². The Morgan fingerprint density at radius 1 is 1.28 bits per heavy atom. The molecule has 0 aromatic carbocycles. The fraction of sp³-hybridized carbons (Fsp3) is 0.846. The van der Waals surface area contributed by atoms with Crippen LogP contribution in [-0.2, 0) is 13.1 Å². The zero-order chi connectivity index (χ0) is 13.2. The maximum absolute atomic E-state index is 4.30. The van der Waals surface area contributed by atoms with Crippen molar-refractivity contribution in [2.45, 2.75) is 52.6 Å². The minimum Gasteiger partial charge on any atom is -0.310 e. The topological polar surface area (TPSA) is 42.7 Å². The Hall–Kier alpha value is -0.170. The van der Waals surface area contributed by atoms with Crippen LogP contribution >= 0.6 is 22.6 Å². The van der Waals surface area contributed by atoms with Crippen LogP contribution in [-0.4, -0.2) is 25.7 Å². The van der Waals surface area contributed by atoms with E-state index in [4.69, 9.17) is 0 Å². The predicted molar refractivity (Wildman–Crippen MR) is 83.9 cm³/mol. The molecule has 0 aliphatic rings. The first kappa shape index (κ1) is 15.9. The molecule has 0 atom stereocenters. The second-order valence-electron chi connectivity index (χ2n) is 5.03. The quantitative estimate of drug-likeness (QED) is 0.394. The second-order valence-corrected chi connectivity index (χ2v) is 6.11. The molecule has 0 amide bonds. The molecule has 104 valence electrons. The highest BCUT2D eigenvalue weighted by atomic mass is 127. The summed E-state index contributed by atoms with van der Waals surface area (Å²) in [6.07, 6.45) is 6.95. The summed E-state index contributed by atoms with van der Waals surface area (Å²) in [6.45, 7) is 7.26. The molecule has 1 heterocycles. The third kappa shape index (κ3) is 6.68. The van der Waals surface area contributed by atoms with Crippen molar-refractivity contribution in [3.63, 3.8) is 0 Å². The first-order chi connectivity index (χ1) is 8.74. The molecule has 0 saturated carbocycles. The maximum atomic E-state index is 4.30. The highest BCUT2D eigenvalue weighted by molar-refractivity contribution is 14.1. The maximum Gasteiger partial charge on any atom is 0.140 e. The number of hydrogen-bond donors (Lipinski definition) is 1. The molecular formula is C13H25IN4. The number of aromatic nitrogens is 3. The Morgan fingerprint density at radius 2 is 2.06 bits per heavy atom. The molecule has 1 aromatic heterocycles. The zero-order valence-corrected chi connectivity index (χ0v) is 13.7. The third-order valence-corrected chi connectivity index (χ3v) is 3.52. The Bertz CT molecular complexity index is 312. The van der Waals surface area contributed by atoms with Gasteiger partial charge in [-0.2, -0.15) is 5.10 Å². The van der Waals surface area contributed by atoms with Crippen LogP contribution in [0.2, 0.25) is 0 Å². The van der Waals surface area contributed by atoms with Gasteiger partial charge in [0.1, 0.15) is 12.2 Å². The lowest BCUT2D eigenvalue weighted by atomic mass is 10.2. The van der Waals surface area contributed by atoms with Gasteiger partial charge in [-0.15, -0.1) is 0 Å². The number of halogens is 1. The van der Waals surface area contributed by atoms with E-state index in [0.717, 1.165) is 25.5 Å². The molecule has 1 aromatic rings. The molecular weight excluding hydrogens is 339 g/mol. The summed E-state index contributed by atoms with van der Waals surface area (Å²) in [4.78, 5) is 4.30. The van der Waals surface area contributed by atoms with Gasteiger partial charge in [0.25, 0.3) is 0 Å². The van der Waals surface area contributed by atoms with Crippen LogP contribution in [0.25, 0.3) is 0 Å². The van der Waals surface area contributed by atoms with E-state index in [2.05, 4.69) is 51.8 Å². The average Bonchev–Trinajstić information content (AvgIpc) is 2.75. The summed E-state index contributed by atoms with van der Waals surface area (Å²) in [5, 5.41) is 7.71. The van der Waals surface area contributed by atoms with Crippen LogP contribution in [0.1, 0.15) is 45.4 Å². The molecule has 0 spiro atoms. The van der Waals surface area contributed by atoms with Gasteiger partial charge in [0.2, 0.25) is 0 Å². The summed E-state index contributed by atoms with van der Waals surface area (Å²) < 4.78 is 3.29. The second kappa shape index (κ2) is 9.72. The molecule has 1 N–H and O–H groups in total. The molecule has 0 aliphatic heterocycles. The van der Waals surface area contributed by atoms with E-state index in [1.807, 2.05) is 4.68 Å². The van der Waals surface area contributed by atoms with E-state index in [0.29, 0.717) is 5.92 Å². The van der Waals surface area contributed by atoms with E-state index in [1.54, 1.807) is 6.33 Å². The summed E-state index contributed by atoms with van der Waals surface area (Å²) in [5.74, 6) is 1.66. The Balaban J connectivity index is 2.13. The normalized spacial score (nSPS) is 11.3. The van der Waals surface area contributed by atoms with E-state index >= 15 is 0 Å². The average molecular weight is 364 g/mol. The van der Waals surface area contributed by atoms with Gasteiger partial charge >= 0.3 is 0 Å². The molecule has 0 bridgehead atoms. The zero-order valence-electron chi connectivity index (χ0n) is 11.5. The number of nitrogens with zero attached hydrogens (tertiary/aromatic N) is 3. The van der Waals surface area contributed by atoms with Crippen molar-refractivity contribution in [1.29, 1.82) is 0 Å². The Kier molecular flexibility index (Phi) is 8.58. The number of alkyl halides is 1. The van der Waals surface area contributed by atoms with Crippen molar-refractivity contribution in [1.82, 2.24) is 20.1 Å². The Labute approximate surface area is 124 Å². The third-order valence-electron chi connectivity index (χ3n) is 2.75. The molecule has 4 nitrogen and oxygen atoms in total. The highest BCUT2D eigenvalue weighted by Crippen LogP contribution is 2.03. The fourth-order valence-corrected chi connectivity index (χ4v) is 2.36. The van der Waals surface area contributed by atoms with Crippen LogP contribution in [0.5, 0.6) is 0 Å². The molecule has 0 aliphatic carbocycles. The summed E-state index contributed by atoms with van der Waals surface area (Å²) >= 11 is 2.44. The molecule has 0 fully saturated rings. The lowest BCUT2D eigenvalue weighted by Gasteiger charge is -2.09. The van der Waals surface area contributed by atoms with Gasteiger partial charge in [0.05, 0.1) is 6.54 Å². The van der Waals surface area contributed by atoms with Crippen LogP contribution in [0.15, 0.2) is 6.33 Å². The Morgan fingerprint density at radius 3 is 2.78 bits per heavy atom. The number of hydrogen-bond acceptors (Lipinski definition) is 3. The van der Waals surface area contributed by atoms with E-state index < -0.39 is 0 Å². The highest BCUT2D eigenvalue weighted by Gasteiger charge is 2.05. The van der Waals surface area contributed by atoms with Gasteiger partial charge in [-0.05, 0) is 29.7 Å². The summed E-state index contributed by atoms with van der Waals surface area (Å²) in [7, 11) is 0. The summed E-state index contributed by atoms with van der Waals surface area (Å²) in [6, 6.07) is 0. The van der Waals surface area contributed by atoms with Crippen molar-refractivity contribution in [2.75, 3.05) is 11.0 Å². The van der Waals surface area contributed by atoms with Crippen LogP contribution in [0.3, 0.4) is 0 Å². The smallest absolute Gasteiger partial charge is 0.140 e. The van der Waals surface area contributed by atoms with Crippen LogP contribution < -0.4 is 5.32 Å². The van der Waals surface area contributed by atoms with Gasteiger partial charge < -0.3 is 5.32 Å². The number of unbranched alkanes of at least 4 members (excludes halogenated alkanes) is 3. The molecule has 0 unspecified atom stereocenters. The predicted octanol–water partition coefficient (Wildman–Crippen LogP) is 3.02. The fourth-order valence-electron chi connectivity index (χ4n) is 1.82. The lowest BCUT2D eigenvalue weighted by Crippen LogP contribution is -2.20. The van der Waals surface area contributed by atoms with Crippen molar-refractivity contribution in [3.05, 3.63) is 12.2 Å². The van der Waals surface area contributed by atoms with Crippen molar-refractivity contribution in [3.8, 4) is 0 Å². The SMILES string of the molecule is CC(C)Cn1ncnc1CNCCCCCCI. The number of nitrogens with one attached hydrogen (secondary N) is 1. The molecule has 0 radical (unpaired) electrons. The van der Waals surface area contributed by atoms with Crippen LogP contribution in [0, 0.1) is 5.92 Å². The van der Waals surface area contributed by atoms with Gasteiger partial charge in [-0.25, -0.2) is 9.67 Å². The summed E-state index contributed by atoms with van der Waals surface area (Å²) in [5.41, 5.74) is 0. The van der Waals surface area contributed by atoms with Crippen molar-refractivity contribution >= 4 is 22.6 Å². The minimum absolute atomic E-state index is 0.610. The standard InChI is InChI=1S/C13H25IN4/c1-12(2)10-18-13(16-11-17-18)9-15-8-6-4-3-5-7-14/h11-12,15H,3-10H2,1-2H3. The first-order valence-electron chi connectivity index (χ1n) is 6.87. The minimum atomic E-state index is 0.610. The van der Waals surface area contributed by atoms with Gasteiger partial charge in [0, 0.05) is 6.54 Å². The van der Waals surface area contributed by atoms with Gasteiger partial charge in [-0.1, -0.05) is 49.3 Å². The molecule has 0 saturated heterocycles. The van der Waals surface area contributed by atoms with Crippen molar-refractivity contribution < 1.29 is 0 Å². The van der Waals surface area contributed by atoms with E-state index in [-0.39, 0.29) is 0 Å². The van der Waals surface area contributed by atoms with Gasteiger partial charge in [0.15, 0.2) is 0 Å². The van der Waals surface area contributed by atoms with Crippen LogP contribution in [0.4, 0.5) is 0 Å². The van der Waals surface area contributed by atoms with E-state index in [1.165, 1.54) is 30.1 Å². The largest absolute Gasteiger partial charge is 0.310 e. The first-order valence-corrected chi connectivity index (χ1v) is 8.40. The van der Waals surface area contributed by atoms with Crippen molar-refractivity contribution in [2.24, 2.45) is 5.92 Å². The molecule has 1 rings (SSSR count). The molecule has 18 heavy (non-hydrogen) atoms. The number of rotatable bonds is 10. The molecule has 5 heteroatoms. The van der Waals surface area contributed by atoms with E-state index in [9.17, 15) is 0 Å². The monoisotopic (exact) mass is 364 g/mol.